The van der Waals surface area contributed by atoms with Crippen LogP contribution >= 0.6 is 12.4 Å². The van der Waals surface area contributed by atoms with Gasteiger partial charge in [0.15, 0.2) is 11.6 Å². The lowest BCUT2D eigenvalue weighted by atomic mass is 9.89. The van der Waals surface area contributed by atoms with Gasteiger partial charge in [-0.25, -0.2) is 8.78 Å². The highest BCUT2D eigenvalue weighted by atomic mass is 35.5. The number of benzene rings is 1. The first-order chi connectivity index (χ1) is 11.4. The van der Waals surface area contributed by atoms with Crippen molar-refractivity contribution in [2.45, 2.75) is 51.1 Å². The Morgan fingerprint density at radius 2 is 1.60 bits per heavy atom. The molecule has 1 aromatic carbocycles. The summed E-state index contributed by atoms with van der Waals surface area (Å²) >= 11 is 0. The van der Waals surface area contributed by atoms with Crippen molar-refractivity contribution in [2.24, 2.45) is 5.92 Å². The lowest BCUT2D eigenvalue weighted by Crippen LogP contribution is -2.39. The number of hydrogen-bond acceptors (Lipinski definition) is 3. The smallest absolute Gasteiger partial charge is 0.224 e. The maximum atomic E-state index is 13.5. The van der Waals surface area contributed by atoms with Gasteiger partial charge in [0.2, 0.25) is 11.8 Å². The summed E-state index contributed by atoms with van der Waals surface area (Å²) in [5.74, 6) is -2.53. The minimum Gasteiger partial charge on any atom is -0.324 e. The molecular formula is C17H22ClF2N3O2. The van der Waals surface area contributed by atoms with Crippen LogP contribution in [-0.4, -0.2) is 23.9 Å². The van der Waals surface area contributed by atoms with Crippen LogP contribution in [0.25, 0.3) is 0 Å². The van der Waals surface area contributed by atoms with Crippen LogP contribution in [0.4, 0.5) is 20.2 Å². The van der Waals surface area contributed by atoms with E-state index in [1.807, 2.05) is 0 Å². The van der Waals surface area contributed by atoms with Gasteiger partial charge in [-0.1, -0.05) is 0 Å². The zero-order chi connectivity index (χ0) is 17.3. The van der Waals surface area contributed by atoms with E-state index in [1.165, 1.54) is 6.92 Å². The number of fused-ring (bicyclic) bond motifs is 2. The van der Waals surface area contributed by atoms with Crippen LogP contribution in [0.3, 0.4) is 0 Å². The summed E-state index contributed by atoms with van der Waals surface area (Å²) in [4.78, 5) is 23.5. The third kappa shape index (κ3) is 4.89. The Labute approximate surface area is 151 Å². The normalized spacial score (nSPS) is 24.4. The van der Waals surface area contributed by atoms with Crippen molar-refractivity contribution >= 4 is 35.6 Å². The average Bonchev–Trinajstić information content (AvgIpc) is 2.82. The molecule has 25 heavy (non-hydrogen) atoms. The van der Waals surface area contributed by atoms with Crippen LogP contribution in [0.15, 0.2) is 12.1 Å². The number of carbonyl (C=O) groups is 2. The van der Waals surface area contributed by atoms with Crippen LogP contribution in [0.1, 0.15) is 39.0 Å². The molecule has 2 heterocycles. The van der Waals surface area contributed by atoms with Crippen molar-refractivity contribution < 1.29 is 18.4 Å². The van der Waals surface area contributed by atoms with Gasteiger partial charge in [-0.15, -0.1) is 12.4 Å². The number of halogens is 3. The summed E-state index contributed by atoms with van der Waals surface area (Å²) in [6, 6.07) is 2.74. The molecule has 5 nitrogen and oxygen atoms in total. The topological polar surface area (TPSA) is 70.2 Å². The molecule has 2 saturated heterocycles. The highest BCUT2D eigenvalue weighted by Gasteiger charge is 2.34. The summed E-state index contributed by atoms with van der Waals surface area (Å²) in [5, 5.41) is 8.52. The van der Waals surface area contributed by atoms with Gasteiger partial charge in [0.1, 0.15) is 0 Å². The Morgan fingerprint density at radius 3 is 2.12 bits per heavy atom. The molecule has 138 valence electrons. The highest BCUT2D eigenvalue weighted by Crippen LogP contribution is 2.33. The average molecular weight is 374 g/mol. The van der Waals surface area contributed by atoms with Crippen molar-refractivity contribution in [3.05, 3.63) is 23.8 Å². The van der Waals surface area contributed by atoms with Gasteiger partial charge in [-0.05, 0) is 31.6 Å². The number of nitrogens with one attached hydrogen (secondary N) is 3. The molecule has 2 unspecified atom stereocenters. The molecule has 2 bridgehead atoms. The first-order valence-corrected chi connectivity index (χ1v) is 8.23. The van der Waals surface area contributed by atoms with Gasteiger partial charge in [0, 0.05) is 37.6 Å². The van der Waals surface area contributed by atoms with E-state index in [2.05, 4.69) is 16.0 Å². The fourth-order valence-electron chi connectivity index (χ4n) is 3.75. The minimum absolute atomic E-state index is 0. The van der Waals surface area contributed by atoms with Crippen molar-refractivity contribution in [3.8, 4) is 0 Å². The Kier molecular flexibility index (Phi) is 6.35. The van der Waals surface area contributed by atoms with Crippen LogP contribution < -0.4 is 16.0 Å². The number of carbonyl (C=O) groups excluding carboxylic acids is 2. The molecule has 3 N–H and O–H groups in total. The highest BCUT2D eigenvalue weighted by molar-refractivity contribution is 5.98. The molecule has 0 radical (unpaired) electrons. The Morgan fingerprint density at radius 1 is 1.08 bits per heavy atom. The van der Waals surface area contributed by atoms with Gasteiger partial charge in [0.25, 0.3) is 0 Å². The van der Waals surface area contributed by atoms with Gasteiger partial charge >= 0.3 is 0 Å². The summed E-state index contributed by atoms with van der Waals surface area (Å²) < 4.78 is 26.8. The van der Waals surface area contributed by atoms with Crippen LogP contribution in [0, 0.1) is 17.6 Å². The first-order valence-electron chi connectivity index (χ1n) is 8.23. The number of amides is 2. The number of rotatable bonds is 4. The van der Waals surface area contributed by atoms with Crippen molar-refractivity contribution in [1.29, 1.82) is 0 Å². The predicted molar refractivity (Wildman–Crippen MR) is 93.8 cm³/mol. The van der Waals surface area contributed by atoms with E-state index in [1.54, 1.807) is 0 Å². The zero-order valence-corrected chi connectivity index (χ0v) is 14.7. The van der Waals surface area contributed by atoms with Gasteiger partial charge in [0.05, 0.1) is 11.4 Å². The fourth-order valence-corrected chi connectivity index (χ4v) is 3.75. The molecule has 2 aliphatic heterocycles. The Bertz CT molecular complexity index is 660. The summed E-state index contributed by atoms with van der Waals surface area (Å²) in [7, 11) is 0. The second-order valence-electron chi connectivity index (χ2n) is 6.72. The molecule has 2 atom stereocenters. The molecule has 0 spiro atoms. The van der Waals surface area contributed by atoms with Crippen LogP contribution in [0.5, 0.6) is 0 Å². The van der Waals surface area contributed by atoms with Gasteiger partial charge in [-0.2, -0.15) is 0 Å². The predicted octanol–water partition coefficient (Wildman–Crippen LogP) is 3.20. The second-order valence-corrected chi connectivity index (χ2v) is 6.72. The van der Waals surface area contributed by atoms with Crippen molar-refractivity contribution in [1.82, 2.24) is 5.32 Å². The number of anilines is 2. The van der Waals surface area contributed by atoms with E-state index in [4.69, 9.17) is 0 Å². The molecular weight excluding hydrogens is 352 g/mol. The second kappa shape index (κ2) is 8.10. The van der Waals surface area contributed by atoms with E-state index in [-0.39, 0.29) is 29.7 Å². The fraction of sp³-hybridized carbons (Fsp3) is 0.529. The molecule has 2 amide bonds. The molecule has 0 aliphatic carbocycles. The molecule has 0 saturated carbocycles. The maximum absolute atomic E-state index is 13.5. The van der Waals surface area contributed by atoms with Crippen molar-refractivity contribution in [3.63, 3.8) is 0 Å². The molecule has 2 fully saturated rings. The molecule has 3 rings (SSSR count). The monoisotopic (exact) mass is 373 g/mol. The lowest BCUT2D eigenvalue weighted by molar-refractivity contribution is -0.117. The first kappa shape index (κ1) is 19.6. The van der Waals surface area contributed by atoms with Gasteiger partial charge < -0.3 is 16.0 Å². The van der Waals surface area contributed by atoms with Gasteiger partial charge in [-0.3, -0.25) is 9.59 Å². The molecule has 1 aromatic rings. The summed E-state index contributed by atoms with van der Waals surface area (Å²) in [6.07, 6.45) is 4.56. The van der Waals surface area contributed by atoms with Crippen LogP contribution in [-0.2, 0) is 9.59 Å². The standard InChI is InChI=1S/C17H21F2N3O2.ClH/c1-9(23)20-15-7-13(18)14(19)8-16(15)22-17(24)6-10-4-11-2-3-12(5-10)21-11;/h7-8,10-12,21H,2-6H2,1H3,(H,20,23)(H,22,24);1H. The Balaban J connectivity index is 0.00000225. The van der Waals surface area contributed by atoms with E-state index in [9.17, 15) is 18.4 Å². The quantitative estimate of drug-likeness (QED) is 0.759. The summed E-state index contributed by atoms with van der Waals surface area (Å²) in [5.41, 5.74) is 0.131. The lowest BCUT2D eigenvalue weighted by Gasteiger charge is -2.28. The largest absolute Gasteiger partial charge is 0.324 e. The molecule has 2 aliphatic rings. The van der Waals surface area contributed by atoms with E-state index >= 15 is 0 Å². The van der Waals surface area contributed by atoms with E-state index in [0.717, 1.165) is 37.8 Å². The number of piperidine rings is 1. The zero-order valence-electron chi connectivity index (χ0n) is 13.9. The maximum Gasteiger partial charge on any atom is 0.224 e. The van der Waals surface area contributed by atoms with E-state index < -0.39 is 17.5 Å². The SMILES string of the molecule is CC(=O)Nc1cc(F)c(F)cc1NC(=O)CC1CC2CCC(C1)N2.Cl. The Hall–Kier alpha value is -1.73. The minimum atomic E-state index is -1.08. The third-order valence-electron chi connectivity index (χ3n) is 4.69. The van der Waals surface area contributed by atoms with E-state index in [0.29, 0.717) is 24.4 Å². The number of hydrogen-bond donors (Lipinski definition) is 3. The molecule has 8 heteroatoms. The summed E-state index contributed by atoms with van der Waals surface area (Å²) in [6.45, 7) is 1.26. The molecule has 0 aromatic heterocycles. The van der Waals surface area contributed by atoms with Crippen LogP contribution in [0.2, 0.25) is 0 Å². The third-order valence-corrected chi connectivity index (χ3v) is 4.69. The van der Waals surface area contributed by atoms with Crippen molar-refractivity contribution in [2.75, 3.05) is 10.6 Å².